The summed E-state index contributed by atoms with van der Waals surface area (Å²) < 4.78 is 0. The van der Waals surface area contributed by atoms with Crippen LogP contribution in [0.1, 0.15) is 41.8 Å². The molecule has 0 aliphatic heterocycles. The monoisotopic (exact) mass is 280 g/mol. The van der Waals surface area contributed by atoms with Crippen molar-refractivity contribution >= 4 is 11.6 Å². The predicted octanol–water partition coefficient (Wildman–Crippen LogP) is 3.79. The van der Waals surface area contributed by atoms with Crippen LogP contribution in [-0.4, -0.2) is 11.6 Å². The maximum atomic E-state index is 11.9. The molecule has 0 bridgehead atoms. The summed E-state index contributed by atoms with van der Waals surface area (Å²) in [5.41, 5.74) is 6.32. The summed E-state index contributed by atoms with van der Waals surface area (Å²) >= 11 is 0. The van der Waals surface area contributed by atoms with Crippen LogP contribution in [0.25, 0.3) is 0 Å². The Balaban J connectivity index is 2.02. The first-order valence-corrected chi connectivity index (χ1v) is 7.19. The molecule has 0 spiro atoms. The average molecular weight is 280 g/mol. The van der Waals surface area contributed by atoms with E-state index in [-0.39, 0.29) is 5.91 Å². The molecule has 1 amide bonds. The van der Waals surface area contributed by atoms with Gasteiger partial charge in [-0.3, -0.25) is 4.79 Å². The van der Waals surface area contributed by atoms with Crippen LogP contribution in [0.4, 0.5) is 0 Å². The Labute approximate surface area is 125 Å². The molecule has 0 radical (unpaired) electrons. The molecule has 0 saturated carbocycles. The van der Waals surface area contributed by atoms with E-state index in [2.05, 4.69) is 29.6 Å². The van der Waals surface area contributed by atoms with Crippen LogP contribution < -0.4 is 5.43 Å². The first kappa shape index (κ1) is 15.0. The number of benzene rings is 2. The van der Waals surface area contributed by atoms with Crippen LogP contribution >= 0.6 is 0 Å². The molecule has 0 aliphatic carbocycles. The molecule has 0 fully saturated rings. The molecule has 0 aliphatic rings. The summed E-state index contributed by atoms with van der Waals surface area (Å²) in [4.78, 5) is 11.9. The van der Waals surface area contributed by atoms with Gasteiger partial charge in [0.05, 0.1) is 5.71 Å². The molecule has 21 heavy (non-hydrogen) atoms. The largest absolute Gasteiger partial charge is 0.271 e. The molecule has 2 aromatic rings. The Morgan fingerprint density at radius 2 is 1.67 bits per heavy atom. The second-order valence-corrected chi connectivity index (χ2v) is 4.95. The lowest BCUT2D eigenvalue weighted by Crippen LogP contribution is -2.19. The molecule has 0 saturated heterocycles. The topological polar surface area (TPSA) is 41.5 Å². The van der Waals surface area contributed by atoms with E-state index in [4.69, 9.17) is 0 Å². The van der Waals surface area contributed by atoms with Crippen molar-refractivity contribution in [1.82, 2.24) is 5.43 Å². The fourth-order valence-electron chi connectivity index (χ4n) is 2.05. The number of nitrogens with zero attached hydrogens (tertiary/aromatic N) is 1. The lowest BCUT2D eigenvalue weighted by molar-refractivity contribution is 0.0955. The molecule has 0 atom stereocenters. The number of carbonyl (C=O) groups excluding carboxylic acids is 1. The van der Waals surface area contributed by atoms with Crippen LogP contribution in [0.15, 0.2) is 59.7 Å². The Morgan fingerprint density at radius 3 is 2.29 bits per heavy atom. The third-order valence-corrected chi connectivity index (χ3v) is 3.27. The van der Waals surface area contributed by atoms with Gasteiger partial charge < -0.3 is 0 Å². The highest BCUT2D eigenvalue weighted by Gasteiger charge is 2.03. The first-order chi connectivity index (χ1) is 10.2. The summed E-state index contributed by atoms with van der Waals surface area (Å²) in [5, 5.41) is 4.16. The van der Waals surface area contributed by atoms with Gasteiger partial charge in [-0.05, 0) is 36.6 Å². The summed E-state index contributed by atoms with van der Waals surface area (Å²) in [6, 6.07) is 17.4. The lowest BCUT2D eigenvalue weighted by atomic mass is 10.1. The van der Waals surface area contributed by atoms with Gasteiger partial charge >= 0.3 is 0 Å². The average Bonchev–Trinajstić information content (AvgIpc) is 2.54. The molecule has 3 heteroatoms. The van der Waals surface area contributed by atoms with Gasteiger partial charge in [0.15, 0.2) is 0 Å². The van der Waals surface area contributed by atoms with Gasteiger partial charge in [0, 0.05) is 5.56 Å². The fourth-order valence-corrected chi connectivity index (χ4v) is 2.05. The van der Waals surface area contributed by atoms with Crippen molar-refractivity contribution in [2.45, 2.75) is 26.7 Å². The summed E-state index contributed by atoms with van der Waals surface area (Å²) in [6.45, 7) is 4.06. The van der Waals surface area contributed by atoms with E-state index in [9.17, 15) is 4.79 Å². The van der Waals surface area contributed by atoms with E-state index < -0.39 is 0 Å². The number of carbonyl (C=O) groups is 1. The second-order valence-electron chi connectivity index (χ2n) is 4.95. The molecular weight excluding hydrogens is 260 g/mol. The van der Waals surface area contributed by atoms with E-state index in [1.54, 1.807) is 12.1 Å². The van der Waals surface area contributed by atoms with Crippen molar-refractivity contribution < 1.29 is 4.79 Å². The predicted molar refractivity (Wildman–Crippen MR) is 86.6 cm³/mol. The minimum atomic E-state index is -0.197. The van der Waals surface area contributed by atoms with E-state index in [1.807, 2.05) is 37.3 Å². The molecule has 2 aromatic carbocycles. The second kappa shape index (κ2) is 7.39. The van der Waals surface area contributed by atoms with E-state index >= 15 is 0 Å². The van der Waals surface area contributed by atoms with Crippen LogP contribution in [0.2, 0.25) is 0 Å². The summed E-state index contributed by atoms with van der Waals surface area (Å²) in [7, 11) is 0. The van der Waals surface area contributed by atoms with Crippen LogP contribution in [0.5, 0.6) is 0 Å². The Hall–Kier alpha value is -2.42. The summed E-state index contributed by atoms with van der Waals surface area (Å²) in [5.74, 6) is -0.197. The highest BCUT2D eigenvalue weighted by Crippen LogP contribution is 2.07. The van der Waals surface area contributed by atoms with Crippen molar-refractivity contribution in [1.29, 1.82) is 0 Å². The Morgan fingerprint density at radius 1 is 1.00 bits per heavy atom. The van der Waals surface area contributed by atoms with Crippen LogP contribution in [0, 0.1) is 0 Å². The van der Waals surface area contributed by atoms with Gasteiger partial charge in [0.2, 0.25) is 0 Å². The molecule has 2 rings (SSSR count). The van der Waals surface area contributed by atoms with Crippen LogP contribution in [-0.2, 0) is 6.42 Å². The van der Waals surface area contributed by atoms with Crippen molar-refractivity contribution in [2.24, 2.45) is 5.10 Å². The van der Waals surface area contributed by atoms with E-state index in [1.165, 1.54) is 5.56 Å². The molecular formula is C18H20N2O. The normalized spacial score (nSPS) is 11.2. The standard InChI is InChI=1S/C18H20N2O/c1-3-7-15-10-12-16(13-11-15)14(2)19-20-18(21)17-8-5-4-6-9-17/h4-6,8-13H,3,7H2,1-2H3,(H,20,21). The minimum Gasteiger partial charge on any atom is -0.267 e. The minimum absolute atomic E-state index is 0.197. The Kier molecular flexibility index (Phi) is 5.27. The third-order valence-electron chi connectivity index (χ3n) is 3.27. The highest BCUT2D eigenvalue weighted by molar-refractivity contribution is 6.00. The Bertz CT molecular complexity index is 615. The highest BCUT2D eigenvalue weighted by atomic mass is 16.2. The van der Waals surface area contributed by atoms with Gasteiger partial charge in [0.1, 0.15) is 0 Å². The third kappa shape index (κ3) is 4.28. The zero-order valence-corrected chi connectivity index (χ0v) is 12.5. The van der Waals surface area contributed by atoms with Gasteiger partial charge in [-0.1, -0.05) is 55.8 Å². The first-order valence-electron chi connectivity index (χ1n) is 7.19. The quantitative estimate of drug-likeness (QED) is 0.657. The fraction of sp³-hybridized carbons (Fsp3) is 0.222. The van der Waals surface area contributed by atoms with Gasteiger partial charge in [-0.15, -0.1) is 0 Å². The maximum absolute atomic E-state index is 11.9. The smallest absolute Gasteiger partial charge is 0.267 e. The van der Waals surface area contributed by atoms with Crippen LogP contribution in [0.3, 0.4) is 0 Å². The number of hydrazone groups is 1. The molecule has 0 aromatic heterocycles. The van der Waals surface area contributed by atoms with E-state index in [0.29, 0.717) is 5.56 Å². The van der Waals surface area contributed by atoms with Crippen molar-refractivity contribution in [3.8, 4) is 0 Å². The van der Waals surface area contributed by atoms with E-state index in [0.717, 1.165) is 24.1 Å². The number of rotatable bonds is 5. The van der Waals surface area contributed by atoms with Crippen molar-refractivity contribution in [3.05, 3.63) is 71.3 Å². The molecule has 0 heterocycles. The lowest BCUT2D eigenvalue weighted by Gasteiger charge is -2.04. The zero-order chi connectivity index (χ0) is 15.1. The molecule has 108 valence electrons. The van der Waals surface area contributed by atoms with Gasteiger partial charge in [-0.2, -0.15) is 5.10 Å². The van der Waals surface area contributed by atoms with Crippen molar-refractivity contribution in [3.63, 3.8) is 0 Å². The SMILES string of the molecule is CCCc1ccc(C(C)=NNC(=O)c2ccccc2)cc1. The molecule has 3 nitrogen and oxygen atoms in total. The van der Waals surface area contributed by atoms with Crippen molar-refractivity contribution in [2.75, 3.05) is 0 Å². The molecule has 0 unspecified atom stereocenters. The summed E-state index contributed by atoms with van der Waals surface area (Å²) in [6.07, 6.45) is 2.22. The number of amides is 1. The number of nitrogens with one attached hydrogen (secondary N) is 1. The maximum Gasteiger partial charge on any atom is 0.271 e. The van der Waals surface area contributed by atoms with Gasteiger partial charge in [0.25, 0.3) is 5.91 Å². The number of hydrogen-bond donors (Lipinski definition) is 1. The molecule has 1 N–H and O–H groups in total. The zero-order valence-electron chi connectivity index (χ0n) is 12.5. The number of hydrogen-bond acceptors (Lipinski definition) is 2. The van der Waals surface area contributed by atoms with Gasteiger partial charge in [-0.25, -0.2) is 5.43 Å². The number of aryl methyl sites for hydroxylation is 1.